The molecule has 1 aromatic rings. The van der Waals surface area contributed by atoms with Crippen LogP contribution in [0.25, 0.3) is 0 Å². The average molecular weight is 264 g/mol. The van der Waals surface area contributed by atoms with E-state index in [4.69, 9.17) is 9.47 Å². The first kappa shape index (κ1) is 15.2. The van der Waals surface area contributed by atoms with Crippen molar-refractivity contribution in [1.82, 2.24) is 0 Å². The smallest absolute Gasteiger partial charge is 0.341 e. The van der Waals surface area contributed by atoms with Gasteiger partial charge in [0, 0.05) is 0 Å². The van der Waals surface area contributed by atoms with E-state index < -0.39 is 17.4 Å². The van der Waals surface area contributed by atoms with Crippen molar-refractivity contribution in [1.29, 1.82) is 0 Å². The fourth-order valence-electron chi connectivity index (χ4n) is 1.53. The van der Waals surface area contributed by atoms with E-state index in [9.17, 15) is 9.59 Å². The molecule has 0 fully saturated rings. The van der Waals surface area contributed by atoms with Crippen LogP contribution in [0.5, 0.6) is 0 Å². The fraction of sp³-hybridized carbons (Fsp3) is 0.467. The van der Waals surface area contributed by atoms with E-state index in [1.54, 1.807) is 32.9 Å². The number of carbonyl (C=O) groups is 2. The van der Waals surface area contributed by atoms with Gasteiger partial charge in [-0.25, -0.2) is 4.79 Å². The Balaban J connectivity index is 2.55. The molecule has 0 N–H and O–H groups in total. The Hall–Kier alpha value is -1.84. The molecule has 0 aromatic heterocycles. The van der Waals surface area contributed by atoms with Crippen LogP contribution in [-0.4, -0.2) is 18.7 Å². The van der Waals surface area contributed by atoms with Gasteiger partial charge in [-0.2, -0.15) is 0 Å². The van der Waals surface area contributed by atoms with Crippen LogP contribution in [-0.2, 0) is 14.3 Å². The normalized spacial score (nSPS) is 11.0. The van der Waals surface area contributed by atoms with Crippen LogP contribution in [0.3, 0.4) is 0 Å². The third kappa shape index (κ3) is 4.73. The summed E-state index contributed by atoms with van der Waals surface area (Å²) in [6, 6.07) is 5.44. The van der Waals surface area contributed by atoms with Crippen molar-refractivity contribution < 1.29 is 19.1 Å². The Kier molecular flexibility index (Phi) is 4.70. The van der Waals surface area contributed by atoms with Crippen molar-refractivity contribution in [3.63, 3.8) is 0 Å². The Morgan fingerprint density at radius 1 is 1.00 bits per heavy atom. The summed E-state index contributed by atoms with van der Waals surface area (Å²) in [5.41, 5.74) is 1.83. The number of hydrogen-bond donors (Lipinski definition) is 0. The summed E-state index contributed by atoms with van der Waals surface area (Å²) in [6.07, 6.45) is 0. The number of carbonyl (C=O) groups excluding carboxylic acids is 2. The number of aryl methyl sites for hydroxylation is 2. The molecule has 0 aliphatic rings. The van der Waals surface area contributed by atoms with Gasteiger partial charge >= 0.3 is 11.9 Å². The molecule has 104 valence electrons. The van der Waals surface area contributed by atoms with Gasteiger partial charge in [0.25, 0.3) is 0 Å². The molecule has 4 heteroatoms. The molecule has 0 aliphatic carbocycles. The molecule has 0 aliphatic heterocycles. The highest BCUT2D eigenvalue weighted by Crippen LogP contribution is 2.15. The first-order valence-corrected chi connectivity index (χ1v) is 6.13. The first-order chi connectivity index (χ1) is 8.70. The summed E-state index contributed by atoms with van der Waals surface area (Å²) in [4.78, 5) is 23.2. The van der Waals surface area contributed by atoms with Gasteiger partial charge in [0.2, 0.25) is 6.79 Å². The molecule has 1 aromatic carbocycles. The third-order valence-electron chi connectivity index (χ3n) is 2.45. The van der Waals surface area contributed by atoms with E-state index in [2.05, 4.69) is 0 Å². The molecule has 0 amide bonds. The van der Waals surface area contributed by atoms with Crippen LogP contribution in [0.15, 0.2) is 18.2 Å². The first-order valence-electron chi connectivity index (χ1n) is 6.13. The van der Waals surface area contributed by atoms with Gasteiger partial charge in [-0.3, -0.25) is 4.79 Å². The van der Waals surface area contributed by atoms with E-state index >= 15 is 0 Å². The molecule has 0 saturated heterocycles. The second-order valence-corrected chi connectivity index (χ2v) is 5.61. The summed E-state index contributed by atoms with van der Waals surface area (Å²) >= 11 is 0. The third-order valence-corrected chi connectivity index (χ3v) is 2.45. The topological polar surface area (TPSA) is 52.6 Å². The Bertz CT molecular complexity index is 463. The van der Waals surface area contributed by atoms with Crippen LogP contribution in [0.2, 0.25) is 0 Å². The highest BCUT2D eigenvalue weighted by Gasteiger charge is 2.23. The molecular weight excluding hydrogens is 244 g/mol. The fourth-order valence-corrected chi connectivity index (χ4v) is 1.53. The van der Waals surface area contributed by atoms with Crippen molar-refractivity contribution in [2.24, 2.45) is 5.41 Å². The molecule has 0 unspecified atom stereocenters. The standard InChI is InChI=1S/C15H20O4/c1-10-6-11(2)8-12(7-10)13(16)18-9-19-14(17)15(3,4)5/h6-8H,9H2,1-5H3. The Labute approximate surface area is 113 Å². The zero-order chi connectivity index (χ0) is 14.6. The van der Waals surface area contributed by atoms with Crippen molar-refractivity contribution in [3.05, 3.63) is 34.9 Å². The van der Waals surface area contributed by atoms with Crippen LogP contribution in [0.1, 0.15) is 42.3 Å². The van der Waals surface area contributed by atoms with Crippen molar-refractivity contribution in [2.45, 2.75) is 34.6 Å². The Morgan fingerprint density at radius 3 is 2.00 bits per heavy atom. The predicted molar refractivity (Wildman–Crippen MR) is 71.7 cm³/mol. The molecule has 0 spiro atoms. The molecule has 0 atom stereocenters. The minimum Gasteiger partial charge on any atom is -0.427 e. The molecular formula is C15H20O4. The van der Waals surface area contributed by atoms with Crippen molar-refractivity contribution in [2.75, 3.05) is 6.79 Å². The monoisotopic (exact) mass is 264 g/mol. The van der Waals surface area contributed by atoms with Gasteiger partial charge in [-0.15, -0.1) is 0 Å². The summed E-state index contributed by atoms with van der Waals surface area (Å²) in [5.74, 6) is -0.894. The molecule has 1 rings (SSSR count). The maximum Gasteiger partial charge on any atom is 0.341 e. The van der Waals surface area contributed by atoms with Gasteiger partial charge in [0.1, 0.15) is 0 Å². The van der Waals surface area contributed by atoms with E-state index in [0.29, 0.717) is 5.56 Å². The molecule has 0 saturated carbocycles. The van der Waals surface area contributed by atoms with Gasteiger partial charge in [-0.1, -0.05) is 17.2 Å². The number of ether oxygens (including phenoxy) is 2. The summed E-state index contributed by atoms with van der Waals surface area (Å²) in [6.45, 7) is 8.66. The van der Waals surface area contributed by atoms with Crippen LogP contribution in [0, 0.1) is 19.3 Å². The highest BCUT2D eigenvalue weighted by molar-refractivity contribution is 5.89. The lowest BCUT2D eigenvalue weighted by Crippen LogP contribution is -2.24. The maximum absolute atomic E-state index is 11.8. The quantitative estimate of drug-likeness (QED) is 0.622. The van der Waals surface area contributed by atoms with Gasteiger partial charge < -0.3 is 9.47 Å². The summed E-state index contributed by atoms with van der Waals surface area (Å²) < 4.78 is 9.80. The lowest BCUT2D eigenvalue weighted by Gasteiger charge is -2.16. The molecule has 19 heavy (non-hydrogen) atoms. The summed E-state index contributed by atoms with van der Waals surface area (Å²) in [7, 11) is 0. The van der Waals surface area contributed by atoms with Gasteiger partial charge in [0.15, 0.2) is 0 Å². The molecule has 0 heterocycles. The zero-order valence-electron chi connectivity index (χ0n) is 12.1. The number of esters is 2. The van der Waals surface area contributed by atoms with Gasteiger partial charge in [0.05, 0.1) is 11.0 Å². The molecule has 0 bridgehead atoms. The number of hydrogen-bond acceptors (Lipinski definition) is 4. The van der Waals surface area contributed by atoms with E-state index in [-0.39, 0.29) is 6.79 Å². The maximum atomic E-state index is 11.8. The zero-order valence-corrected chi connectivity index (χ0v) is 12.1. The average Bonchev–Trinajstić information content (AvgIpc) is 2.26. The lowest BCUT2D eigenvalue weighted by molar-refractivity contribution is -0.161. The highest BCUT2D eigenvalue weighted by atomic mass is 16.7. The predicted octanol–water partition coefficient (Wildman–Crippen LogP) is 3.01. The largest absolute Gasteiger partial charge is 0.427 e. The lowest BCUT2D eigenvalue weighted by atomic mass is 9.98. The minimum atomic E-state index is -0.605. The molecule has 0 radical (unpaired) electrons. The van der Waals surface area contributed by atoms with E-state index in [1.807, 2.05) is 19.9 Å². The van der Waals surface area contributed by atoms with Crippen molar-refractivity contribution in [3.8, 4) is 0 Å². The minimum absolute atomic E-state index is 0.359. The van der Waals surface area contributed by atoms with Crippen LogP contribution >= 0.6 is 0 Å². The van der Waals surface area contributed by atoms with Crippen LogP contribution in [0.4, 0.5) is 0 Å². The second kappa shape index (κ2) is 5.87. The SMILES string of the molecule is Cc1cc(C)cc(C(=O)OCOC(=O)C(C)(C)C)c1. The number of rotatable bonds is 3. The van der Waals surface area contributed by atoms with Crippen molar-refractivity contribution >= 4 is 11.9 Å². The Morgan fingerprint density at radius 2 is 1.53 bits per heavy atom. The second-order valence-electron chi connectivity index (χ2n) is 5.61. The summed E-state index contributed by atoms with van der Waals surface area (Å²) in [5, 5.41) is 0. The molecule has 4 nitrogen and oxygen atoms in total. The van der Waals surface area contributed by atoms with Gasteiger partial charge in [-0.05, 0) is 46.8 Å². The van der Waals surface area contributed by atoms with Crippen LogP contribution < -0.4 is 0 Å². The number of benzene rings is 1. The van der Waals surface area contributed by atoms with E-state index in [1.165, 1.54) is 0 Å². The van der Waals surface area contributed by atoms with E-state index in [0.717, 1.165) is 11.1 Å².